The summed E-state index contributed by atoms with van der Waals surface area (Å²) in [5.41, 5.74) is 8.75. The molecule has 0 bridgehead atoms. The second kappa shape index (κ2) is 3.23. The first kappa shape index (κ1) is 9.21. The van der Waals surface area contributed by atoms with Crippen molar-refractivity contribution in [2.24, 2.45) is 0 Å². The third-order valence-corrected chi connectivity index (χ3v) is 3.61. The molecule has 0 saturated carbocycles. The average Bonchev–Trinajstić information content (AvgIpc) is 2.52. The first-order chi connectivity index (χ1) is 7.25. The Hall–Kier alpha value is -1.03. The fourth-order valence-corrected chi connectivity index (χ4v) is 2.70. The second-order valence-corrected chi connectivity index (χ2v) is 4.84. The van der Waals surface area contributed by atoms with Crippen molar-refractivity contribution >= 4 is 5.82 Å². The van der Waals surface area contributed by atoms with Crippen LogP contribution in [0.25, 0.3) is 0 Å². The molecule has 2 aliphatic rings. The summed E-state index contributed by atoms with van der Waals surface area (Å²) in [4.78, 5) is 2.30. The highest BCUT2D eigenvalue weighted by Gasteiger charge is 2.29. The Morgan fingerprint density at radius 1 is 1.27 bits per heavy atom. The molecule has 0 aromatic carbocycles. The van der Waals surface area contributed by atoms with Crippen molar-refractivity contribution in [3.63, 3.8) is 0 Å². The van der Waals surface area contributed by atoms with Gasteiger partial charge in [-0.25, -0.2) is 4.68 Å². The van der Waals surface area contributed by atoms with Crippen LogP contribution in [0, 0.1) is 0 Å². The van der Waals surface area contributed by atoms with Gasteiger partial charge >= 0.3 is 0 Å². The molecule has 1 aromatic rings. The molecule has 4 heteroatoms. The minimum atomic E-state index is 0.514. The van der Waals surface area contributed by atoms with Crippen molar-refractivity contribution < 1.29 is 0 Å². The van der Waals surface area contributed by atoms with Gasteiger partial charge in [-0.3, -0.25) is 0 Å². The number of likely N-dealkylation sites (tertiary alicyclic amines) is 1. The summed E-state index contributed by atoms with van der Waals surface area (Å²) >= 11 is 0. The molecule has 0 unspecified atom stereocenters. The summed E-state index contributed by atoms with van der Waals surface area (Å²) in [6.45, 7) is 2.18. The van der Waals surface area contributed by atoms with Crippen LogP contribution < -0.4 is 5.73 Å². The molecule has 1 fully saturated rings. The zero-order chi connectivity index (χ0) is 10.4. The molecule has 1 aromatic heterocycles. The molecule has 15 heavy (non-hydrogen) atoms. The number of fused-ring (bicyclic) bond motifs is 1. The van der Waals surface area contributed by atoms with Crippen LogP contribution >= 0.6 is 0 Å². The van der Waals surface area contributed by atoms with Crippen LogP contribution in [0.15, 0.2) is 0 Å². The van der Waals surface area contributed by atoms with Gasteiger partial charge in [-0.1, -0.05) is 0 Å². The Balaban J connectivity index is 1.92. The lowest BCUT2D eigenvalue weighted by Crippen LogP contribution is -2.45. The molecule has 82 valence electrons. The molecule has 1 aliphatic heterocycles. The third kappa shape index (κ3) is 1.35. The van der Waals surface area contributed by atoms with Crippen molar-refractivity contribution in [2.75, 3.05) is 25.9 Å². The molecule has 1 saturated heterocycles. The van der Waals surface area contributed by atoms with Gasteiger partial charge in [-0.2, -0.15) is 5.10 Å². The van der Waals surface area contributed by atoms with Gasteiger partial charge < -0.3 is 10.6 Å². The van der Waals surface area contributed by atoms with Crippen LogP contribution in [-0.2, 0) is 12.8 Å². The van der Waals surface area contributed by atoms with E-state index >= 15 is 0 Å². The minimum absolute atomic E-state index is 0.514. The standard InChI is InChI=1S/C11H18N4/c1-14-6-8(7-14)15-11(12)9-4-2-3-5-10(9)13-15/h8H,2-7,12H2,1H3. The van der Waals surface area contributed by atoms with Crippen LogP contribution in [0.3, 0.4) is 0 Å². The highest BCUT2D eigenvalue weighted by molar-refractivity contribution is 5.45. The highest BCUT2D eigenvalue weighted by atomic mass is 15.4. The van der Waals surface area contributed by atoms with E-state index in [4.69, 9.17) is 5.73 Å². The first-order valence-corrected chi connectivity index (χ1v) is 5.80. The smallest absolute Gasteiger partial charge is 0.125 e. The lowest BCUT2D eigenvalue weighted by molar-refractivity contribution is 0.132. The summed E-state index contributed by atoms with van der Waals surface area (Å²) in [6.07, 6.45) is 4.79. The number of rotatable bonds is 1. The number of aromatic nitrogens is 2. The van der Waals surface area contributed by atoms with E-state index in [9.17, 15) is 0 Å². The number of nitrogen functional groups attached to an aromatic ring is 1. The fraction of sp³-hybridized carbons (Fsp3) is 0.727. The summed E-state index contributed by atoms with van der Waals surface area (Å²) < 4.78 is 2.07. The molecule has 4 nitrogen and oxygen atoms in total. The van der Waals surface area contributed by atoms with E-state index in [1.807, 2.05) is 0 Å². The number of aryl methyl sites for hydroxylation is 1. The molecule has 0 atom stereocenters. The van der Waals surface area contributed by atoms with Crippen molar-refractivity contribution in [1.82, 2.24) is 14.7 Å². The number of likely N-dealkylation sites (N-methyl/N-ethyl adjacent to an activating group) is 1. The van der Waals surface area contributed by atoms with E-state index in [2.05, 4.69) is 21.7 Å². The number of nitrogens with two attached hydrogens (primary N) is 1. The van der Waals surface area contributed by atoms with Crippen molar-refractivity contribution in [2.45, 2.75) is 31.7 Å². The maximum atomic E-state index is 6.16. The van der Waals surface area contributed by atoms with Gasteiger partial charge in [0, 0.05) is 18.7 Å². The zero-order valence-corrected chi connectivity index (χ0v) is 9.24. The monoisotopic (exact) mass is 206 g/mol. The van der Waals surface area contributed by atoms with E-state index in [0.717, 1.165) is 31.7 Å². The molecular weight excluding hydrogens is 188 g/mol. The van der Waals surface area contributed by atoms with E-state index in [0.29, 0.717) is 6.04 Å². The number of nitrogens with zero attached hydrogens (tertiary/aromatic N) is 3. The largest absolute Gasteiger partial charge is 0.384 e. The van der Waals surface area contributed by atoms with Gasteiger partial charge in [0.25, 0.3) is 0 Å². The van der Waals surface area contributed by atoms with Gasteiger partial charge in [0.05, 0.1) is 11.7 Å². The Bertz CT molecular complexity index is 376. The molecule has 2 heterocycles. The fourth-order valence-electron chi connectivity index (χ4n) is 2.70. The Kier molecular flexibility index (Phi) is 1.99. The normalized spacial score (nSPS) is 22.5. The topological polar surface area (TPSA) is 47.1 Å². The van der Waals surface area contributed by atoms with Crippen LogP contribution in [-0.4, -0.2) is 34.8 Å². The zero-order valence-electron chi connectivity index (χ0n) is 9.24. The SMILES string of the molecule is CN1CC(n2nc3c(c2N)CCCC3)C1. The first-order valence-electron chi connectivity index (χ1n) is 5.80. The van der Waals surface area contributed by atoms with Crippen LogP contribution in [0.4, 0.5) is 5.82 Å². The summed E-state index contributed by atoms with van der Waals surface area (Å²) in [5.74, 6) is 0.933. The van der Waals surface area contributed by atoms with Crippen molar-refractivity contribution in [3.8, 4) is 0 Å². The number of hydrogen-bond donors (Lipinski definition) is 1. The van der Waals surface area contributed by atoms with Crippen LogP contribution in [0.5, 0.6) is 0 Å². The second-order valence-electron chi connectivity index (χ2n) is 4.84. The predicted molar refractivity (Wildman–Crippen MR) is 59.8 cm³/mol. The molecule has 0 radical (unpaired) electrons. The van der Waals surface area contributed by atoms with E-state index in [-0.39, 0.29) is 0 Å². The lowest BCUT2D eigenvalue weighted by Gasteiger charge is -2.36. The van der Waals surface area contributed by atoms with Gasteiger partial charge in [0.15, 0.2) is 0 Å². The Morgan fingerprint density at radius 3 is 2.67 bits per heavy atom. The molecule has 2 N–H and O–H groups in total. The predicted octanol–water partition coefficient (Wildman–Crippen LogP) is 0.831. The molecule has 1 aliphatic carbocycles. The average molecular weight is 206 g/mol. The highest BCUT2D eigenvalue weighted by Crippen LogP contribution is 2.30. The number of anilines is 1. The number of hydrogen-bond acceptors (Lipinski definition) is 3. The minimum Gasteiger partial charge on any atom is -0.384 e. The molecular formula is C11H18N4. The maximum absolute atomic E-state index is 6.16. The van der Waals surface area contributed by atoms with Gasteiger partial charge in [-0.05, 0) is 32.7 Å². The third-order valence-electron chi connectivity index (χ3n) is 3.61. The van der Waals surface area contributed by atoms with Crippen molar-refractivity contribution in [3.05, 3.63) is 11.3 Å². The van der Waals surface area contributed by atoms with Gasteiger partial charge in [-0.15, -0.1) is 0 Å². The lowest BCUT2D eigenvalue weighted by atomic mass is 9.98. The quantitative estimate of drug-likeness (QED) is 0.740. The van der Waals surface area contributed by atoms with Crippen LogP contribution in [0.1, 0.15) is 30.1 Å². The molecule has 3 rings (SSSR count). The Morgan fingerprint density at radius 2 is 2.00 bits per heavy atom. The van der Waals surface area contributed by atoms with E-state index in [1.165, 1.54) is 24.1 Å². The van der Waals surface area contributed by atoms with Crippen molar-refractivity contribution in [1.29, 1.82) is 0 Å². The maximum Gasteiger partial charge on any atom is 0.125 e. The Labute approximate surface area is 90.0 Å². The molecule has 0 spiro atoms. The van der Waals surface area contributed by atoms with E-state index < -0.39 is 0 Å². The van der Waals surface area contributed by atoms with Crippen LogP contribution in [0.2, 0.25) is 0 Å². The van der Waals surface area contributed by atoms with Gasteiger partial charge in [0.2, 0.25) is 0 Å². The summed E-state index contributed by atoms with van der Waals surface area (Å²) in [7, 11) is 2.14. The summed E-state index contributed by atoms with van der Waals surface area (Å²) in [6, 6.07) is 0.514. The molecule has 0 amide bonds. The van der Waals surface area contributed by atoms with E-state index in [1.54, 1.807) is 0 Å². The van der Waals surface area contributed by atoms with Gasteiger partial charge in [0.1, 0.15) is 5.82 Å². The summed E-state index contributed by atoms with van der Waals surface area (Å²) in [5, 5.41) is 4.67.